The van der Waals surface area contributed by atoms with Crippen LogP contribution >= 0.6 is 0 Å². The van der Waals surface area contributed by atoms with Gasteiger partial charge in [-0.25, -0.2) is 23.8 Å². The molecule has 0 saturated heterocycles. The summed E-state index contributed by atoms with van der Waals surface area (Å²) in [7, 11) is -4.94. The molecule has 138 valence electrons. The molecule has 0 atom stereocenters. The summed E-state index contributed by atoms with van der Waals surface area (Å²) in [6.07, 6.45) is 0. The van der Waals surface area contributed by atoms with Crippen LogP contribution in [0, 0.1) is 15.5 Å². The second-order valence-corrected chi connectivity index (χ2v) is 6.94. The molecule has 1 aliphatic heterocycles. The minimum Gasteiger partial charge on any atom is -0.714 e. The maximum atomic E-state index is 12.5. The second kappa shape index (κ2) is 7.02. The van der Waals surface area contributed by atoms with Crippen LogP contribution in [0.4, 0.5) is 5.69 Å². The Bertz CT molecular complexity index is 701. The van der Waals surface area contributed by atoms with Crippen LogP contribution in [0.15, 0.2) is 29.4 Å². The lowest BCUT2D eigenvalue weighted by atomic mass is 9.84. The molecule has 11 nitrogen and oxygen atoms in total. The Morgan fingerprint density at radius 2 is 1.56 bits per heavy atom. The number of hydrogen-bond acceptors (Lipinski definition) is 7. The SMILES string of the molecule is CC1(C)N([OH2+])C(c2ccc(N=[N+]=[N-])cc2)=[N+]([O-])C1(C)C.[O-][Cl+3]([O-])([O-])[O-]. The van der Waals surface area contributed by atoms with E-state index in [0.717, 1.165) is 4.74 Å². The molecule has 1 aromatic carbocycles. The molecule has 0 bridgehead atoms. The Kier molecular flexibility index (Phi) is 5.88. The number of hydrogen-bond donors (Lipinski definition) is 0. The van der Waals surface area contributed by atoms with E-state index in [2.05, 4.69) is 10.0 Å². The predicted octanol–water partition coefficient (Wildman–Crippen LogP) is -2.36. The van der Waals surface area contributed by atoms with Crippen LogP contribution < -0.4 is 18.6 Å². The van der Waals surface area contributed by atoms with Crippen LogP contribution in [0.1, 0.15) is 33.3 Å². The summed E-state index contributed by atoms with van der Waals surface area (Å²) in [4.78, 5) is 2.71. The van der Waals surface area contributed by atoms with Gasteiger partial charge in [0, 0.05) is 10.6 Å². The Balaban J connectivity index is 0.000000550. The zero-order chi connectivity index (χ0) is 19.6. The fourth-order valence-corrected chi connectivity index (χ4v) is 2.12. The van der Waals surface area contributed by atoms with Crippen molar-refractivity contribution >= 4 is 11.5 Å². The summed E-state index contributed by atoms with van der Waals surface area (Å²) in [5.41, 5.74) is 8.15. The van der Waals surface area contributed by atoms with Gasteiger partial charge in [-0.2, -0.15) is 0 Å². The lowest BCUT2D eigenvalue weighted by Crippen LogP contribution is -2.68. The summed E-state index contributed by atoms with van der Waals surface area (Å²) in [5.74, 6) is 0.299. The van der Waals surface area contributed by atoms with Crippen molar-refractivity contribution in [1.29, 1.82) is 0 Å². The van der Waals surface area contributed by atoms with E-state index in [1.54, 1.807) is 24.3 Å². The van der Waals surface area contributed by atoms with Gasteiger partial charge in [0.25, 0.3) is 0 Å². The largest absolute Gasteiger partial charge is 0.714 e. The molecule has 2 N–H and O–H groups in total. The van der Waals surface area contributed by atoms with Crippen molar-refractivity contribution in [1.82, 2.24) is 5.06 Å². The number of amidine groups is 1. The maximum absolute atomic E-state index is 12.5. The number of hydroxylamine groups is 3. The molecular weight excluding hydrogens is 358 g/mol. The summed E-state index contributed by atoms with van der Waals surface area (Å²) in [5, 5.41) is 25.5. The second-order valence-electron chi connectivity index (χ2n) is 6.19. The monoisotopic (exact) mass is 375 g/mol. The van der Waals surface area contributed by atoms with Crippen molar-refractivity contribution < 1.29 is 38.8 Å². The summed E-state index contributed by atoms with van der Waals surface area (Å²) in [6.45, 7) is 7.38. The van der Waals surface area contributed by atoms with Gasteiger partial charge < -0.3 is 5.21 Å². The number of nitrogens with zero attached hydrogens (tertiary/aromatic N) is 5. The van der Waals surface area contributed by atoms with Crippen molar-refractivity contribution in [2.45, 2.75) is 38.8 Å². The highest BCUT2D eigenvalue weighted by molar-refractivity contribution is 5.96. The average Bonchev–Trinajstić information content (AvgIpc) is 2.57. The Morgan fingerprint density at radius 3 is 1.88 bits per heavy atom. The highest BCUT2D eigenvalue weighted by atomic mass is 35.7. The lowest BCUT2D eigenvalue weighted by molar-refractivity contribution is -2.00. The molecule has 1 heterocycles. The third kappa shape index (κ3) is 4.50. The molecule has 0 spiro atoms. The fourth-order valence-electron chi connectivity index (χ4n) is 2.12. The van der Waals surface area contributed by atoms with Crippen molar-refractivity contribution in [3.05, 3.63) is 45.5 Å². The highest BCUT2D eigenvalue weighted by Crippen LogP contribution is 2.37. The zero-order valence-electron chi connectivity index (χ0n) is 14.0. The van der Waals surface area contributed by atoms with Crippen LogP contribution in [0.25, 0.3) is 10.4 Å². The first-order valence-electron chi connectivity index (χ1n) is 6.86. The highest BCUT2D eigenvalue weighted by Gasteiger charge is 2.61. The van der Waals surface area contributed by atoms with E-state index in [1.807, 2.05) is 27.7 Å². The fraction of sp³-hybridized carbons (Fsp3) is 0.462. The quantitative estimate of drug-likeness (QED) is 0.138. The van der Waals surface area contributed by atoms with Gasteiger partial charge in [-0.3, -0.25) is 4.74 Å². The zero-order valence-corrected chi connectivity index (χ0v) is 14.7. The average molecular weight is 376 g/mol. The maximum Gasteiger partial charge on any atom is 0.352 e. The molecular formula is C13H18ClN5O6. The van der Waals surface area contributed by atoms with Crippen LogP contribution in [-0.2, 0) is 0 Å². The molecule has 0 aliphatic carbocycles. The first kappa shape index (κ1) is 20.9. The number of halogens is 1. The Labute approximate surface area is 145 Å². The summed E-state index contributed by atoms with van der Waals surface area (Å²) in [6, 6.07) is 6.62. The van der Waals surface area contributed by atoms with Gasteiger partial charge in [-0.15, -0.1) is 10.2 Å². The first-order chi connectivity index (χ1) is 11.2. The van der Waals surface area contributed by atoms with Gasteiger partial charge in [0.05, 0.1) is 5.56 Å². The van der Waals surface area contributed by atoms with Crippen LogP contribution in [0.3, 0.4) is 0 Å². The van der Waals surface area contributed by atoms with E-state index in [1.165, 1.54) is 5.06 Å². The number of benzene rings is 1. The normalized spacial score (nSPS) is 18.4. The van der Waals surface area contributed by atoms with Crippen molar-refractivity contribution in [2.75, 3.05) is 0 Å². The molecule has 0 fully saturated rings. The van der Waals surface area contributed by atoms with E-state index in [9.17, 15) is 5.21 Å². The molecule has 1 aromatic rings. The molecule has 0 radical (unpaired) electrons. The first-order valence-corrected chi connectivity index (χ1v) is 8.10. The van der Waals surface area contributed by atoms with Crippen LogP contribution in [0.2, 0.25) is 0 Å². The van der Waals surface area contributed by atoms with Crippen molar-refractivity contribution in [3.63, 3.8) is 0 Å². The van der Waals surface area contributed by atoms with E-state index in [-0.39, 0.29) is 0 Å². The van der Waals surface area contributed by atoms with Gasteiger partial charge in [0.1, 0.15) is 0 Å². The van der Waals surface area contributed by atoms with E-state index in [0.29, 0.717) is 17.1 Å². The Morgan fingerprint density at radius 1 is 1.12 bits per heavy atom. The van der Waals surface area contributed by atoms with Crippen molar-refractivity contribution in [3.8, 4) is 0 Å². The van der Waals surface area contributed by atoms with Gasteiger partial charge in [0.2, 0.25) is 5.54 Å². The topological polar surface area (TPSA) is 193 Å². The molecule has 12 heteroatoms. The minimum atomic E-state index is -4.94. The van der Waals surface area contributed by atoms with Gasteiger partial charge in [-0.1, -0.05) is 17.2 Å². The van der Waals surface area contributed by atoms with Gasteiger partial charge in [-0.05, 0) is 50.4 Å². The number of azide groups is 1. The third-order valence-corrected chi connectivity index (χ3v) is 4.25. The van der Waals surface area contributed by atoms with Gasteiger partial charge >= 0.3 is 5.84 Å². The minimum absolute atomic E-state index is 0.299. The van der Waals surface area contributed by atoms with E-state index >= 15 is 0 Å². The van der Waals surface area contributed by atoms with Crippen LogP contribution in [0.5, 0.6) is 0 Å². The molecule has 0 aromatic heterocycles. The van der Waals surface area contributed by atoms with Gasteiger partial charge in [0.15, 0.2) is 5.54 Å². The third-order valence-electron chi connectivity index (χ3n) is 4.25. The molecule has 0 amide bonds. The molecule has 1 aliphatic rings. The smallest absolute Gasteiger partial charge is 0.352 e. The van der Waals surface area contributed by atoms with Crippen molar-refractivity contribution in [2.24, 2.45) is 5.11 Å². The molecule has 2 rings (SSSR count). The molecule has 25 heavy (non-hydrogen) atoms. The van der Waals surface area contributed by atoms with E-state index in [4.69, 9.17) is 29.4 Å². The summed E-state index contributed by atoms with van der Waals surface area (Å²) >= 11 is 0. The van der Waals surface area contributed by atoms with Crippen LogP contribution in [-0.4, -0.2) is 31.9 Å². The van der Waals surface area contributed by atoms with E-state index < -0.39 is 21.3 Å². The number of rotatable bonds is 2. The predicted molar refractivity (Wildman–Crippen MR) is 76.6 cm³/mol. The Hall–Kier alpha value is -2.11. The summed E-state index contributed by atoms with van der Waals surface area (Å²) < 4.78 is 34.8. The lowest BCUT2D eigenvalue weighted by Gasteiger charge is -2.31. The standard InChI is InChI=1S/C13H17N5O2.ClHO4/c1-12(2)13(3,4)18(20)11(17(12)19)9-5-7-10(8-6-9)15-16-14;2-1(3,4)5/h5-8,19H,1-4H3;(H,2,3,4,5). The molecule has 0 saturated carbocycles. The molecule has 0 unspecified atom stereocenters.